The van der Waals surface area contributed by atoms with E-state index in [-0.39, 0.29) is 6.10 Å². The molecule has 0 saturated carbocycles. The molecule has 0 fully saturated rings. The summed E-state index contributed by atoms with van der Waals surface area (Å²) in [6, 6.07) is 10.2. The summed E-state index contributed by atoms with van der Waals surface area (Å²) in [7, 11) is 0. The number of hydrogen-bond acceptors (Lipinski definition) is 3. The van der Waals surface area contributed by atoms with Crippen LogP contribution in [0.1, 0.15) is 51.5 Å². The van der Waals surface area contributed by atoms with Crippen molar-refractivity contribution in [2.24, 2.45) is 0 Å². The van der Waals surface area contributed by atoms with Crippen LogP contribution in [-0.2, 0) is 15.9 Å². The second-order valence-electron chi connectivity index (χ2n) is 5.00. The molecule has 3 heteroatoms. The Balaban J connectivity index is 2.15. The zero-order valence-electron chi connectivity index (χ0n) is 12.6. The molecule has 0 aromatic heterocycles. The molecular formula is C17H26O3. The van der Waals surface area contributed by atoms with E-state index < -0.39 is 6.16 Å². The summed E-state index contributed by atoms with van der Waals surface area (Å²) in [6.07, 6.45) is 5.08. The van der Waals surface area contributed by atoms with Gasteiger partial charge in [-0.2, -0.15) is 0 Å². The summed E-state index contributed by atoms with van der Waals surface area (Å²) in [6.45, 7) is 4.60. The van der Waals surface area contributed by atoms with Gasteiger partial charge in [-0.15, -0.1) is 0 Å². The molecule has 0 bridgehead atoms. The number of carbonyl (C=O) groups is 1. The molecule has 0 aliphatic carbocycles. The van der Waals surface area contributed by atoms with Crippen molar-refractivity contribution in [3.63, 3.8) is 0 Å². The monoisotopic (exact) mass is 278 g/mol. The highest BCUT2D eigenvalue weighted by Crippen LogP contribution is 2.10. The van der Waals surface area contributed by atoms with E-state index in [1.807, 2.05) is 18.2 Å². The molecule has 20 heavy (non-hydrogen) atoms. The van der Waals surface area contributed by atoms with Crippen LogP contribution in [0.2, 0.25) is 0 Å². The number of aryl methyl sites for hydroxylation is 1. The maximum Gasteiger partial charge on any atom is 0.508 e. The molecule has 0 aliphatic rings. The van der Waals surface area contributed by atoms with Crippen LogP contribution in [-0.4, -0.2) is 18.9 Å². The smallest absolute Gasteiger partial charge is 0.434 e. The summed E-state index contributed by atoms with van der Waals surface area (Å²) < 4.78 is 10.4. The van der Waals surface area contributed by atoms with Gasteiger partial charge in [0.2, 0.25) is 0 Å². The molecule has 0 unspecified atom stereocenters. The summed E-state index contributed by atoms with van der Waals surface area (Å²) in [4.78, 5) is 11.6. The predicted molar refractivity (Wildman–Crippen MR) is 80.8 cm³/mol. The van der Waals surface area contributed by atoms with Crippen molar-refractivity contribution in [2.45, 2.75) is 58.5 Å². The third-order valence-corrected chi connectivity index (χ3v) is 3.16. The Morgan fingerprint density at radius 2 is 1.75 bits per heavy atom. The lowest BCUT2D eigenvalue weighted by Gasteiger charge is -2.16. The third kappa shape index (κ3) is 7.17. The van der Waals surface area contributed by atoms with E-state index >= 15 is 0 Å². The predicted octanol–water partition coefficient (Wildman–Crippen LogP) is 4.74. The quantitative estimate of drug-likeness (QED) is 0.483. The van der Waals surface area contributed by atoms with Crippen LogP contribution >= 0.6 is 0 Å². The van der Waals surface area contributed by atoms with Crippen LogP contribution in [0.25, 0.3) is 0 Å². The Morgan fingerprint density at radius 1 is 1.10 bits per heavy atom. The first-order valence-corrected chi connectivity index (χ1v) is 7.63. The van der Waals surface area contributed by atoms with Crippen LogP contribution in [0, 0.1) is 0 Å². The van der Waals surface area contributed by atoms with Crippen LogP contribution < -0.4 is 0 Å². The number of rotatable bonds is 9. The lowest BCUT2D eigenvalue weighted by atomic mass is 10.1. The van der Waals surface area contributed by atoms with E-state index in [0.717, 1.165) is 38.5 Å². The van der Waals surface area contributed by atoms with Crippen LogP contribution in [0.5, 0.6) is 0 Å². The number of ether oxygens (including phenoxy) is 2. The van der Waals surface area contributed by atoms with Crippen LogP contribution in [0.4, 0.5) is 4.79 Å². The molecule has 0 aliphatic heterocycles. The van der Waals surface area contributed by atoms with Crippen LogP contribution in [0.3, 0.4) is 0 Å². The maximum absolute atomic E-state index is 11.6. The summed E-state index contributed by atoms with van der Waals surface area (Å²) >= 11 is 0. The topological polar surface area (TPSA) is 35.5 Å². The van der Waals surface area contributed by atoms with E-state index in [1.54, 1.807) is 0 Å². The molecule has 0 spiro atoms. The van der Waals surface area contributed by atoms with Gasteiger partial charge in [-0.25, -0.2) is 4.79 Å². The first-order chi connectivity index (χ1) is 9.76. The van der Waals surface area contributed by atoms with Crippen LogP contribution in [0.15, 0.2) is 30.3 Å². The molecule has 3 nitrogen and oxygen atoms in total. The van der Waals surface area contributed by atoms with Gasteiger partial charge >= 0.3 is 6.16 Å². The second-order valence-corrected chi connectivity index (χ2v) is 5.00. The first kappa shape index (κ1) is 16.5. The highest BCUT2D eigenvalue weighted by Gasteiger charge is 2.13. The van der Waals surface area contributed by atoms with Crippen molar-refractivity contribution in [2.75, 3.05) is 6.61 Å². The van der Waals surface area contributed by atoms with E-state index in [1.165, 1.54) is 5.56 Å². The molecular weight excluding hydrogens is 252 g/mol. The maximum atomic E-state index is 11.6. The van der Waals surface area contributed by atoms with Crippen molar-refractivity contribution in [1.82, 2.24) is 0 Å². The summed E-state index contributed by atoms with van der Waals surface area (Å²) in [5.41, 5.74) is 1.26. The average molecular weight is 278 g/mol. The molecule has 0 N–H and O–H groups in total. The lowest BCUT2D eigenvalue weighted by Crippen LogP contribution is -2.19. The fraction of sp³-hybridized carbons (Fsp3) is 0.588. The van der Waals surface area contributed by atoms with Crippen molar-refractivity contribution in [3.8, 4) is 0 Å². The SMILES string of the molecule is CCCC(CCC)OC(=O)OCCCc1ccccc1. The molecule has 1 aromatic rings. The zero-order chi connectivity index (χ0) is 14.6. The first-order valence-electron chi connectivity index (χ1n) is 7.63. The van der Waals surface area contributed by atoms with Gasteiger partial charge in [0, 0.05) is 0 Å². The number of benzene rings is 1. The molecule has 0 amide bonds. The Hall–Kier alpha value is -1.51. The van der Waals surface area contributed by atoms with E-state index in [0.29, 0.717) is 6.61 Å². The minimum Gasteiger partial charge on any atom is -0.434 e. The lowest BCUT2D eigenvalue weighted by molar-refractivity contribution is 0.0170. The van der Waals surface area contributed by atoms with Crippen molar-refractivity contribution in [3.05, 3.63) is 35.9 Å². The molecule has 0 heterocycles. The van der Waals surface area contributed by atoms with Gasteiger partial charge < -0.3 is 9.47 Å². The number of carbonyl (C=O) groups excluding carboxylic acids is 1. The average Bonchev–Trinajstić information content (AvgIpc) is 2.45. The second kappa shape index (κ2) is 10.3. The highest BCUT2D eigenvalue weighted by atomic mass is 16.7. The van der Waals surface area contributed by atoms with E-state index in [2.05, 4.69) is 26.0 Å². The third-order valence-electron chi connectivity index (χ3n) is 3.16. The molecule has 1 aromatic carbocycles. The molecule has 1 rings (SSSR count). The summed E-state index contributed by atoms with van der Waals surface area (Å²) in [5, 5.41) is 0. The van der Waals surface area contributed by atoms with Gasteiger partial charge in [0.05, 0.1) is 6.61 Å². The Labute approximate surface area is 122 Å². The zero-order valence-corrected chi connectivity index (χ0v) is 12.6. The summed E-state index contributed by atoms with van der Waals surface area (Å²) in [5.74, 6) is 0. The van der Waals surface area contributed by atoms with E-state index in [4.69, 9.17) is 9.47 Å². The van der Waals surface area contributed by atoms with Crippen molar-refractivity contribution in [1.29, 1.82) is 0 Å². The van der Waals surface area contributed by atoms with Gasteiger partial charge in [-0.05, 0) is 31.2 Å². The van der Waals surface area contributed by atoms with Gasteiger partial charge in [0.15, 0.2) is 0 Å². The van der Waals surface area contributed by atoms with Gasteiger partial charge in [0.25, 0.3) is 0 Å². The minimum absolute atomic E-state index is 0.00613. The Bertz CT molecular complexity index is 356. The Kier molecular flexibility index (Phi) is 8.52. The van der Waals surface area contributed by atoms with Gasteiger partial charge in [-0.1, -0.05) is 57.0 Å². The highest BCUT2D eigenvalue weighted by molar-refractivity contribution is 5.60. The molecule has 112 valence electrons. The van der Waals surface area contributed by atoms with Gasteiger partial charge in [0.1, 0.15) is 6.10 Å². The number of hydrogen-bond donors (Lipinski definition) is 0. The molecule has 0 atom stereocenters. The fourth-order valence-corrected chi connectivity index (χ4v) is 2.15. The van der Waals surface area contributed by atoms with Gasteiger partial charge in [-0.3, -0.25) is 0 Å². The molecule has 0 radical (unpaired) electrons. The van der Waals surface area contributed by atoms with Crippen molar-refractivity contribution >= 4 is 6.16 Å². The minimum atomic E-state index is -0.523. The van der Waals surface area contributed by atoms with E-state index in [9.17, 15) is 4.79 Å². The Morgan fingerprint density at radius 3 is 2.35 bits per heavy atom. The largest absolute Gasteiger partial charge is 0.508 e. The standard InChI is InChI=1S/C17H26O3/c1-3-9-16(10-4-2)20-17(18)19-14-8-13-15-11-6-5-7-12-15/h5-7,11-12,16H,3-4,8-10,13-14H2,1-2H3. The fourth-order valence-electron chi connectivity index (χ4n) is 2.15. The van der Waals surface area contributed by atoms with Crippen molar-refractivity contribution < 1.29 is 14.3 Å². The molecule has 0 saturated heterocycles. The normalized spacial score (nSPS) is 10.6.